The van der Waals surface area contributed by atoms with Gasteiger partial charge in [-0.1, -0.05) is 94.2 Å². The van der Waals surface area contributed by atoms with E-state index in [4.69, 9.17) is 4.74 Å². The van der Waals surface area contributed by atoms with Crippen molar-refractivity contribution in [1.29, 1.82) is 0 Å². The van der Waals surface area contributed by atoms with Crippen LogP contribution in [-0.2, 0) is 9.53 Å². The number of hydrogen-bond acceptors (Lipinski definition) is 5. The Balaban J connectivity index is 0.000000916. The molecule has 1 aliphatic rings. The van der Waals surface area contributed by atoms with Crippen LogP contribution in [0.1, 0.15) is 97.3 Å². The fraction of sp³-hybridized carbons (Fsp3) is 0.419. The molecule has 2 rings (SSSR count). The molecule has 7 nitrogen and oxygen atoms in total. The minimum Gasteiger partial charge on any atom is -0.478 e. The quantitative estimate of drug-likeness (QED) is 0.0479. The topological polar surface area (TPSA) is 91.2 Å². The van der Waals surface area contributed by atoms with Gasteiger partial charge in [-0.05, 0) is 94.5 Å². The summed E-state index contributed by atoms with van der Waals surface area (Å²) in [6.45, 7) is 18.4. The number of anilines is 1. The molecule has 1 aromatic carbocycles. The van der Waals surface area contributed by atoms with Crippen molar-refractivity contribution in [3.63, 3.8) is 0 Å². The van der Waals surface area contributed by atoms with E-state index in [1.54, 1.807) is 43.4 Å². The number of benzene rings is 1. The van der Waals surface area contributed by atoms with Gasteiger partial charge in [-0.3, -0.25) is 9.79 Å². The third-order valence-corrected chi connectivity index (χ3v) is 7.35. The van der Waals surface area contributed by atoms with Gasteiger partial charge < -0.3 is 20.1 Å². The Hall–Kier alpha value is -4.49. The van der Waals surface area contributed by atoms with Crippen molar-refractivity contribution in [1.82, 2.24) is 4.90 Å². The van der Waals surface area contributed by atoms with Crippen LogP contribution < -0.4 is 5.32 Å². The first kappa shape index (κ1) is 45.5. The zero-order chi connectivity index (χ0) is 37.7. The number of hydrogen-bond donors (Lipinski definition) is 2. The van der Waals surface area contributed by atoms with Crippen molar-refractivity contribution in [3.05, 3.63) is 119 Å². The lowest BCUT2D eigenvalue weighted by Crippen LogP contribution is -2.23. The summed E-state index contributed by atoms with van der Waals surface area (Å²) in [7, 11) is 3.49. The molecule has 7 heteroatoms. The summed E-state index contributed by atoms with van der Waals surface area (Å²) in [6.07, 6.45) is 30.4. The Bertz CT molecular complexity index is 1410. The number of carbonyl (C=O) groups is 2. The van der Waals surface area contributed by atoms with E-state index in [2.05, 4.69) is 16.9 Å². The molecule has 1 saturated carbocycles. The third-order valence-electron chi connectivity index (χ3n) is 7.35. The predicted molar refractivity (Wildman–Crippen MR) is 216 cm³/mol. The van der Waals surface area contributed by atoms with Gasteiger partial charge in [0.15, 0.2) is 0 Å². The van der Waals surface area contributed by atoms with Gasteiger partial charge in [0.05, 0.1) is 30.2 Å². The monoisotopic (exact) mass is 685 g/mol. The maximum absolute atomic E-state index is 12.4. The fourth-order valence-electron chi connectivity index (χ4n) is 4.66. The highest BCUT2D eigenvalue weighted by Gasteiger charge is 2.15. The Morgan fingerprint density at radius 1 is 1.00 bits per heavy atom. The second-order valence-electron chi connectivity index (χ2n) is 11.8. The van der Waals surface area contributed by atoms with E-state index in [0.717, 1.165) is 35.2 Å². The lowest BCUT2D eigenvalue weighted by atomic mass is 10.1. The van der Waals surface area contributed by atoms with Gasteiger partial charge in [0.1, 0.15) is 0 Å². The Morgan fingerprint density at radius 2 is 1.68 bits per heavy atom. The molecule has 1 aliphatic carbocycles. The highest BCUT2D eigenvalue weighted by molar-refractivity contribution is 5.96. The molecule has 1 fully saturated rings. The number of carbonyl (C=O) groups excluding carboxylic acids is 1. The van der Waals surface area contributed by atoms with Crippen LogP contribution in [0.3, 0.4) is 0 Å². The number of ether oxygens (including phenoxy) is 1. The smallest absolute Gasteiger partial charge is 0.335 e. The summed E-state index contributed by atoms with van der Waals surface area (Å²) in [4.78, 5) is 29.6. The van der Waals surface area contributed by atoms with Crippen molar-refractivity contribution in [2.45, 2.75) is 93.0 Å². The van der Waals surface area contributed by atoms with Crippen LogP contribution in [0.2, 0.25) is 0 Å². The maximum atomic E-state index is 12.4. The maximum Gasteiger partial charge on any atom is 0.335 e. The summed E-state index contributed by atoms with van der Waals surface area (Å²) in [5.74, 6) is -0.969. The molecule has 50 heavy (non-hydrogen) atoms. The number of amides is 1. The molecule has 0 atom stereocenters. The number of carboxylic acids is 1. The van der Waals surface area contributed by atoms with E-state index < -0.39 is 5.97 Å². The third kappa shape index (κ3) is 20.1. The van der Waals surface area contributed by atoms with Gasteiger partial charge in [0.2, 0.25) is 0 Å². The van der Waals surface area contributed by atoms with Crippen LogP contribution in [0.5, 0.6) is 0 Å². The van der Waals surface area contributed by atoms with Crippen molar-refractivity contribution in [2.75, 3.05) is 32.6 Å². The zero-order valence-electron chi connectivity index (χ0n) is 32.2. The number of allylic oxidation sites excluding steroid dienone is 11. The van der Waals surface area contributed by atoms with Crippen LogP contribution in [0.4, 0.5) is 11.4 Å². The molecule has 0 aliphatic heterocycles. The van der Waals surface area contributed by atoms with E-state index in [9.17, 15) is 14.7 Å². The summed E-state index contributed by atoms with van der Waals surface area (Å²) >= 11 is 0. The average Bonchev–Trinajstić information content (AvgIpc) is 3.39. The number of carboxylic acid groups (broad SMARTS) is 1. The summed E-state index contributed by atoms with van der Waals surface area (Å²) in [5.41, 5.74) is 5.58. The molecule has 1 amide bonds. The molecule has 0 saturated heterocycles. The van der Waals surface area contributed by atoms with E-state index in [1.807, 2.05) is 115 Å². The minimum atomic E-state index is -0.926. The normalized spacial score (nSPS) is 15.1. The van der Waals surface area contributed by atoms with Crippen LogP contribution in [0.25, 0.3) is 0 Å². The largest absolute Gasteiger partial charge is 0.478 e. The van der Waals surface area contributed by atoms with E-state index >= 15 is 0 Å². The first-order chi connectivity index (χ1) is 24.1. The number of aliphatic imine (C=N–C) groups is 1. The zero-order valence-corrected chi connectivity index (χ0v) is 32.2. The lowest BCUT2D eigenvalue weighted by Gasteiger charge is -2.19. The lowest BCUT2D eigenvalue weighted by molar-refractivity contribution is -0.124. The minimum absolute atomic E-state index is 0.0438. The second kappa shape index (κ2) is 28.4. The number of rotatable bonds is 15. The standard InChI is InChI=1S/C22H31NO2.C19H26N2O2.C2H6/c1-7-10-13-20(12-8-2)14-11-15-21(22(24)23(5)6)17-19(4)18-25-16-9-3;1-3-14(2)13-20-18-12-15(19(22)23)10-11-17(18)21-16-8-6-4-5-7-9-16;1-2/h7-15,17H,3,16,18H2,1-2,4-6H3;3,10-13,16,21H,4-9H2,1-2H3,(H,22,23);1-2H3/b10-7+,12-8-,14-11+,19-17+,20-13+,21-15+;14-3+,20-13?;. The van der Waals surface area contributed by atoms with Gasteiger partial charge in [0, 0.05) is 31.9 Å². The van der Waals surface area contributed by atoms with Crippen molar-refractivity contribution in [2.24, 2.45) is 4.99 Å². The van der Waals surface area contributed by atoms with Gasteiger partial charge in [0.25, 0.3) is 5.91 Å². The molecule has 1 aromatic rings. The van der Waals surface area contributed by atoms with Crippen LogP contribution in [-0.4, -0.2) is 61.4 Å². The first-order valence-electron chi connectivity index (χ1n) is 17.8. The molecule has 0 radical (unpaired) electrons. The fourth-order valence-corrected chi connectivity index (χ4v) is 4.66. The molecule has 0 unspecified atom stereocenters. The molecule has 0 bridgehead atoms. The van der Waals surface area contributed by atoms with Crippen molar-refractivity contribution in [3.8, 4) is 0 Å². The van der Waals surface area contributed by atoms with Crippen LogP contribution in [0.15, 0.2) is 119 Å². The number of nitrogens with zero attached hydrogens (tertiary/aromatic N) is 2. The van der Waals surface area contributed by atoms with Gasteiger partial charge in [-0.15, -0.1) is 6.58 Å². The van der Waals surface area contributed by atoms with E-state index in [1.165, 1.54) is 25.7 Å². The van der Waals surface area contributed by atoms with E-state index in [-0.39, 0.29) is 11.5 Å². The summed E-state index contributed by atoms with van der Waals surface area (Å²) < 4.78 is 5.42. The SMILES string of the molecule is C/C=C(\C)C=Nc1cc(C(=O)O)ccc1NC1CCCCCC1.C=CCOC\C(C)=C\C(=C/C=C/C(/C=C\C)=C/C=C/C)C(=O)N(C)C.CC. The van der Waals surface area contributed by atoms with Crippen LogP contribution >= 0.6 is 0 Å². The van der Waals surface area contributed by atoms with Gasteiger partial charge in [-0.2, -0.15) is 0 Å². The number of likely N-dealkylation sites (N-methyl/N-ethyl adjacent to an activating group) is 1. The Kier molecular flexibility index (Phi) is 25.8. The summed E-state index contributed by atoms with van der Waals surface area (Å²) in [6, 6.07) is 5.57. The second-order valence-corrected chi connectivity index (χ2v) is 11.8. The molecule has 274 valence electrons. The number of nitrogens with one attached hydrogen (secondary N) is 1. The molecule has 0 heterocycles. The van der Waals surface area contributed by atoms with Crippen molar-refractivity contribution >= 4 is 29.5 Å². The molecular weight excluding hydrogens is 622 g/mol. The van der Waals surface area contributed by atoms with Crippen LogP contribution in [0, 0.1) is 0 Å². The number of aromatic carboxylic acids is 1. The van der Waals surface area contributed by atoms with Crippen molar-refractivity contribution < 1.29 is 19.4 Å². The predicted octanol–water partition coefficient (Wildman–Crippen LogP) is 11.0. The highest BCUT2D eigenvalue weighted by Crippen LogP contribution is 2.30. The molecule has 2 N–H and O–H groups in total. The molecular formula is C43H63N3O4. The van der Waals surface area contributed by atoms with E-state index in [0.29, 0.717) is 30.5 Å². The van der Waals surface area contributed by atoms with Gasteiger partial charge >= 0.3 is 5.97 Å². The molecule has 0 spiro atoms. The Labute approximate surface area is 303 Å². The average molecular weight is 686 g/mol. The first-order valence-corrected chi connectivity index (χ1v) is 17.8. The molecule has 0 aromatic heterocycles. The highest BCUT2D eigenvalue weighted by atomic mass is 16.5. The summed E-state index contributed by atoms with van der Waals surface area (Å²) in [5, 5.41) is 12.8. The van der Waals surface area contributed by atoms with Gasteiger partial charge in [-0.25, -0.2) is 4.79 Å². The Morgan fingerprint density at radius 3 is 2.24 bits per heavy atom.